The van der Waals surface area contributed by atoms with Gasteiger partial charge in [-0.2, -0.15) is 5.10 Å². The van der Waals surface area contributed by atoms with E-state index in [0.717, 1.165) is 12.2 Å². The van der Waals surface area contributed by atoms with Gasteiger partial charge in [0.2, 0.25) is 0 Å². The van der Waals surface area contributed by atoms with Crippen LogP contribution < -0.4 is 16.3 Å². The second-order valence-electron chi connectivity index (χ2n) is 5.11. The van der Waals surface area contributed by atoms with Gasteiger partial charge in [-0.05, 0) is 25.3 Å². The predicted octanol–water partition coefficient (Wildman–Crippen LogP) is -0.0188. The largest absolute Gasteiger partial charge is 0.356 e. The maximum Gasteiger partial charge on any atom is 0.348 e. The third-order valence-electron chi connectivity index (χ3n) is 4.08. The van der Waals surface area contributed by atoms with Crippen molar-refractivity contribution in [2.75, 3.05) is 18.5 Å². The number of nitrogens with one attached hydrogen (secondary N) is 1. The van der Waals surface area contributed by atoms with Crippen LogP contribution in [0.5, 0.6) is 0 Å². The molecule has 3 N–H and O–H groups in total. The zero-order valence-electron chi connectivity index (χ0n) is 10.9. The van der Waals surface area contributed by atoms with E-state index in [1.807, 2.05) is 13.1 Å². The molecule has 0 saturated heterocycles. The third kappa shape index (κ3) is 1.99. The minimum atomic E-state index is -0.266. The summed E-state index contributed by atoms with van der Waals surface area (Å²) in [6, 6.07) is 2.25. The van der Waals surface area contributed by atoms with Crippen LogP contribution in [0.1, 0.15) is 19.3 Å². The summed E-state index contributed by atoms with van der Waals surface area (Å²) in [5, 5.41) is 6.37. The molecule has 0 amide bonds. The Bertz CT molecular complexity index is 632. The Morgan fingerprint density at radius 3 is 3.21 bits per heavy atom. The molecule has 0 aromatic carbocycles. The Morgan fingerprint density at radius 2 is 2.42 bits per heavy atom. The zero-order valence-corrected chi connectivity index (χ0v) is 10.9. The van der Waals surface area contributed by atoms with E-state index in [1.165, 1.54) is 23.6 Å². The summed E-state index contributed by atoms with van der Waals surface area (Å²) in [6.45, 7) is 0.707. The van der Waals surface area contributed by atoms with Crippen LogP contribution in [0.3, 0.4) is 0 Å². The molecule has 2 aromatic heterocycles. The highest BCUT2D eigenvalue weighted by molar-refractivity contribution is 5.50. The number of hydrogen-bond donors (Lipinski definition) is 2. The summed E-state index contributed by atoms with van der Waals surface area (Å²) in [5.74, 6) is 1.35. The Kier molecular flexibility index (Phi) is 2.98. The van der Waals surface area contributed by atoms with Crippen LogP contribution in [0.4, 0.5) is 5.82 Å². The number of H-pyrrole nitrogens is 1. The van der Waals surface area contributed by atoms with E-state index in [-0.39, 0.29) is 5.69 Å². The lowest BCUT2D eigenvalue weighted by atomic mass is 10.0. The molecule has 7 nitrogen and oxygen atoms in total. The monoisotopic (exact) mass is 262 g/mol. The van der Waals surface area contributed by atoms with Gasteiger partial charge in [0, 0.05) is 19.2 Å². The zero-order chi connectivity index (χ0) is 13.4. The van der Waals surface area contributed by atoms with Crippen molar-refractivity contribution in [2.24, 2.45) is 11.7 Å². The first-order valence-electron chi connectivity index (χ1n) is 6.56. The number of fused-ring (bicyclic) bond motifs is 1. The maximum absolute atomic E-state index is 11.4. The van der Waals surface area contributed by atoms with Crippen molar-refractivity contribution >= 4 is 11.5 Å². The smallest absolute Gasteiger partial charge is 0.348 e. The van der Waals surface area contributed by atoms with Gasteiger partial charge in [-0.15, -0.1) is 0 Å². The van der Waals surface area contributed by atoms with Crippen LogP contribution in [0.15, 0.2) is 17.2 Å². The van der Waals surface area contributed by atoms with Crippen LogP contribution in [0.2, 0.25) is 0 Å². The number of rotatable bonds is 3. The van der Waals surface area contributed by atoms with Crippen molar-refractivity contribution in [2.45, 2.75) is 25.3 Å². The molecule has 0 bridgehead atoms. The van der Waals surface area contributed by atoms with Crippen LogP contribution in [-0.2, 0) is 0 Å². The first-order chi connectivity index (χ1) is 9.20. The van der Waals surface area contributed by atoms with Crippen LogP contribution in [0.25, 0.3) is 5.65 Å². The van der Waals surface area contributed by atoms with Gasteiger partial charge < -0.3 is 10.6 Å². The molecule has 0 aliphatic heterocycles. The normalized spacial score (nSPS) is 23.1. The molecule has 2 heterocycles. The molecule has 1 fully saturated rings. The number of hydrogen-bond acceptors (Lipinski definition) is 5. The van der Waals surface area contributed by atoms with Crippen molar-refractivity contribution in [1.82, 2.24) is 19.6 Å². The minimum absolute atomic E-state index is 0.266. The van der Waals surface area contributed by atoms with Gasteiger partial charge >= 0.3 is 5.69 Å². The molecule has 102 valence electrons. The van der Waals surface area contributed by atoms with E-state index in [0.29, 0.717) is 24.2 Å². The van der Waals surface area contributed by atoms with E-state index in [1.54, 1.807) is 0 Å². The van der Waals surface area contributed by atoms with E-state index < -0.39 is 0 Å². The number of aromatic amines is 1. The lowest BCUT2D eigenvalue weighted by Gasteiger charge is -2.30. The fourth-order valence-corrected chi connectivity index (χ4v) is 2.96. The first-order valence-corrected chi connectivity index (χ1v) is 6.56. The standard InChI is InChI=1S/C12H18N6O/c1-17(9-4-2-3-8(9)6-13)10-5-11-15-16-12(19)18(11)7-14-10/h5,7-9H,2-4,6,13H2,1H3,(H,16,19). The van der Waals surface area contributed by atoms with Gasteiger partial charge in [0.1, 0.15) is 12.1 Å². The van der Waals surface area contributed by atoms with Gasteiger partial charge in [-0.3, -0.25) is 0 Å². The summed E-state index contributed by atoms with van der Waals surface area (Å²) in [7, 11) is 2.03. The van der Waals surface area contributed by atoms with E-state index >= 15 is 0 Å². The van der Waals surface area contributed by atoms with Gasteiger partial charge in [0.25, 0.3) is 0 Å². The maximum atomic E-state index is 11.4. The van der Waals surface area contributed by atoms with Crippen molar-refractivity contribution in [3.8, 4) is 0 Å². The van der Waals surface area contributed by atoms with Crippen LogP contribution in [-0.4, -0.2) is 39.2 Å². The van der Waals surface area contributed by atoms with Gasteiger partial charge in [0.05, 0.1) is 0 Å². The molecule has 1 saturated carbocycles. The molecular weight excluding hydrogens is 244 g/mol. The van der Waals surface area contributed by atoms with E-state index in [9.17, 15) is 4.79 Å². The van der Waals surface area contributed by atoms with E-state index in [4.69, 9.17) is 5.73 Å². The Morgan fingerprint density at radius 1 is 1.58 bits per heavy atom. The second kappa shape index (κ2) is 4.65. The molecule has 19 heavy (non-hydrogen) atoms. The topological polar surface area (TPSA) is 92.3 Å². The van der Waals surface area contributed by atoms with E-state index in [2.05, 4.69) is 20.1 Å². The highest BCUT2D eigenvalue weighted by Gasteiger charge is 2.30. The van der Waals surface area contributed by atoms with Crippen LogP contribution in [0, 0.1) is 5.92 Å². The summed E-state index contributed by atoms with van der Waals surface area (Å²) in [4.78, 5) is 17.9. The van der Waals surface area contributed by atoms with Crippen molar-refractivity contribution < 1.29 is 0 Å². The number of aromatic nitrogens is 4. The molecule has 0 spiro atoms. The molecule has 2 unspecified atom stereocenters. The lowest BCUT2D eigenvalue weighted by Crippen LogP contribution is -2.38. The van der Waals surface area contributed by atoms with Crippen molar-refractivity contribution in [3.05, 3.63) is 22.9 Å². The SMILES string of the molecule is CN(c1cc2n[nH]c(=O)n2cn1)C1CCCC1CN. The average Bonchev–Trinajstić information content (AvgIpc) is 3.04. The van der Waals surface area contributed by atoms with Crippen LogP contribution >= 0.6 is 0 Å². The lowest BCUT2D eigenvalue weighted by molar-refractivity contribution is 0.472. The van der Waals surface area contributed by atoms with Gasteiger partial charge in [-0.25, -0.2) is 19.3 Å². The predicted molar refractivity (Wildman–Crippen MR) is 72.2 cm³/mol. The summed E-state index contributed by atoms with van der Waals surface area (Å²) < 4.78 is 1.40. The Labute approximate surface area is 110 Å². The fraction of sp³-hybridized carbons (Fsp3) is 0.583. The first kappa shape index (κ1) is 12.2. The average molecular weight is 262 g/mol. The van der Waals surface area contributed by atoms with Crippen molar-refractivity contribution in [3.63, 3.8) is 0 Å². The molecule has 2 aromatic rings. The third-order valence-corrected chi connectivity index (χ3v) is 4.08. The van der Waals surface area contributed by atoms with Crippen molar-refractivity contribution in [1.29, 1.82) is 0 Å². The minimum Gasteiger partial charge on any atom is -0.356 e. The molecule has 1 aliphatic carbocycles. The highest BCUT2D eigenvalue weighted by atomic mass is 16.1. The molecule has 2 atom stereocenters. The quantitative estimate of drug-likeness (QED) is 0.811. The summed E-state index contributed by atoms with van der Waals surface area (Å²) >= 11 is 0. The number of nitrogens with two attached hydrogens (primary N) is 1. The Hall–Kier alpha value is -1.89. The number of nitrogens with zero attached hydrogens (tertiary/aromatic N) is 4. The molecule has 0 radical (unpaired) electrons. The molecular formula is C12H18N6O. The Balaban J connectivity index is 1.92. The molecule has 7 heteroatoms. The van der Waals surface area contributed by atoms with Gasteiger partial charge in [-0.1, -0.05) is 6.42 Å². The molecule has 1 aliphatic rings. The second-order valence-corrected chi connectivity index (χ2v) is 5.11. The van der Waals surface area contributed by atoms with Gasteiger partial charge in [0.15, 0.2) is 5.65 Å². The highest BCUT2D eigenvalue weighted by Crippen LogP contribution is 2.30. The number of anilines is 1. The fourth-order valence-electron chi connectivity index (χ4n) is 2.96. The molecule has 3 rings (SSSR count). The summed E-state index contributed by atoms with van der Waals surface area (Å²) in [6.07, 6.45) is 5.04. The summed E-state index contributed by atoms with van der Waals surface area (Å²) in [5.41, 5.74) is 6.14.